The maximum absolute atomic E-state index is 13.2. The molecule has 2 aromatic carbocycles. The molecule has 1 nitrogen and oxygen atoms in total. The van der Waals surface area contributed by atoms with Crippen molar-refractivity contribution in [1.82, 2.24) is 0 Å². The highest BCUT2D eigenvalue weighted by Crippen LogP contribution is 2.21. The van der Waals surface area contributed by atoms with Gasteiger partial charge in [0.1, 0.15) is 0 Å². The third-order valence-electron chi connectivity index (χ3n) is 3.07. The van der Waals surface area contributed by atoms with E-state index >= 15 is 0 Å². The number of rotatable bonds is 4. The van der Waals surface area contributed by atoms with E-state index in [1.54, 1.807) is 6.92 Å². The maximum atomic E-state index is 13.2. The van der Waals surface area contributed by atoms with Crippen molar-refractivity contribution in [2.24, 2.45) is 0 Å². The summed E-state index contributed by atoms with van der Waals surface area (Å²) < 4.78 is 27.0. The number of benzene rings is 2. The van der Waals surface area contributed by atoms with Crippen molar-refractivity contribution >= 4 is 15.9 Å². The lowest BCUT2D eigenvalue weighted by Gasteiger charge is -2.23. The summed E-state index contributed by atoms with van der Waals surface area (Å²) in [4.78, 5) is 0. The molecule has 2 aromatic rings. The van der Waals surface area contributed by atoms with Gasteiger partial charge >= 0.3 is 0 Å². The molecule has 2 rings (SSSR count). The highest BCUT2D eigenvalue weighted by Gasteiger charge is 2.22. The molecular formula is C16H15BrF2O. The zero-order chi connectivity index (χ0) is 14.8. The smallest absolute Gasteiger partial charge is 0.159 e. The maximum Gasteiger partial charge on any atom is 0.159 e. The lowest BCUT2D eigenvalue weighted by Crippen LogP contribution is -2.30. The van der Waals surface area contributed by atoms with Gasteiger partial charge in [0.25, 0.3) is 0 Å². The van der Waals surface area contributed by atoms with Gasteiger partial charge in [0.05, 0.1) is 5.60 Å². The van der Waals surface area contributed by atoms with Gasteiger partial charge in [-0.1, -0.05) is 34.1 Å². The van der Waals surface area contributed by atoms with Gasteiger partial charge in [-0.25, -0.2) is 8.78 Å². The van der Waals surface area contributed by atoms with Crippen LogP contribution in [0.1, 0.15) is 18.1 Å². The van der Waals surface area contributed by atoms with Crippen LogP contribution in [0, 0.1) is 11.6 Å². The lowest BCUT2D eigenvalue weighted by atomic mass is 9.90. The van der Waals surface area contributed by atoms with E-state index in [1.807, 2.05) is 24.3 Å². The normalized spacial score (nSPS) is 14.1. The second kappa shape index (κ2) is 6.02. The fourth-order valence-corrected chi connectivity index (χ4v) is 2.46. The van der Waals surface area contributed by atoms with Crippen LogP contribution in [0.2, 0.25) is 0 Å². The van der Waals surface area contributed by atoms with Crippen LogP contribution in [0.4, 0.5) is 8.78 Å². The zero-order valence-corrected chi connectivity index (χ0v) is 12.6. The van der Waals surface area contributed by atoms with E-state index in [-0.39, 0.29) is 6.42 Å². The largest absolute Gasteiger partial charge is 0.389 e. The van der Waals surface area contributed by atoms with Gasteiger partial charge in [0.2, 0.25) is 0 Å². The Morgan fingerprint density at radius 1 is 0.950 bits per heavy atom. The Morgan fingerprint density at radius 3 is 2.10 bits per heavy atom. The van der Waals surface area contributed by atoms with Crippen molar-refractivity contribution in [2.75, 3.05) is 0 Å². The minimum Gasteiger partial charge on any atom is -0.389 e. The first-order valence-corrected chi connectivity index (χ1v) is 7.06. The van der Waals surface area contributed by atoms with Crippen molar-refractivity contribution in [2.45, 2.75) is 25.4 Å². The van der Waals surface area contributed by atoms with Crippen LogP contribution in [-0.2, 0) is 12.8 Å². The second-order valence-electron chi connectivity index (χ2n) is 5.23. The van der Waals surface area contributed by atoms with Gasteiger partial charge in [-0.3, -0.25) is 0 Å². The Labute approximate surface area is 125 Å². The molecule has 4 heteroatoms. The molecule has 1 N–H and O–H groups in total. The molecular weight excluding hydrogens is 326 g/mol. The molecule has 0 bridgehead atoms. The van der Waals surface area contributed by atoms with Gasteiger partial charge in [0.15, 0.2) is 11.6 Å². The molecule has 106 valence electrons. The first kappa shape index (κ1) is 15.1. The predicted molar refractivity (Wildman–Crippen MR) is 78.5 cm³/mol. The minimum absolute atomic E-state index is 0.264. The SMILES string of the molecule is CC(O)(Cc1ccc(Br)cc1)Cc1ccc(F)c(F)c1. The van der Waals surface area contributed by atoms with Crippen LogP contribution in [0.5, 0.6) is 0 Å². The third-order valence-corrected chi connectivity index (χ3v) is 3.60. The van der Waals surface area contributed by atoms with Gasteiger partial charge in [0, 0.05) is 17.3 Å². The monoisotopic (exact) mass is 340 g/mol. The minimum atomic E-state index is -1.02. The molecule has 0 aliphatic carbocycles. The Bertz CT molecular complexity index is 594. The summed E-state index contributed by atoms with van der Waals surface area (Å²) in [6.07, 6.45) is 0.708. The summed E-state index contributed by atoms with van der Waals surface area (Å²) in [6.45, 7) is 1.69. The molecule has 20 heavy (non-hydrogen) atoms. The quantitative estimate of drug-likeness (QED) is 0.881. The van der Waals surface area contributed by atoms with E-state index in [2.05, 4.69) is 15.9 Å². The van der Waals surface area contributed by atoms with E-state index in [4.69, 9.17) is 0 Å². The average molecular weight is 341 g/mol. The standard InChI is InChI=1S/C16H15BrF2O/c1-16(20,9-11-2-5-13(17)6-3-11)10-12-4-7-14(18)15(19)8-12/h2-8,20H,9-10H2,1H3. The van der Waals surface area contributed by atoms with E-state index in [9.17, 15) is 13.9 Å². The predicted octanol–water partition coefficient (Wildman–Crippen LogP) is 4.26. The average Bonchev–Trinajstić information content (AvgIpc) is 2.36. The summed E-state index contributed by atoms with van der Waals surface area (Å²) in [5, 5.41) is 10.4. The molecule has 0 radical (unpaired) electrons. The molecule has 0 aliphatic rings. The Morgan fingerprint density at radius 2 is 1.50 bits per heavy atom. The highest BCUT2D eigenvalue weighted by molar-refractivity contribution is 9.10. The fraction of sp³-hybridized carbons (Fsp3) is 0.250. The summed E-state index contributed by atoms with van der Waals surface area (Å²) in [7, 11) is 0. The number of halogens is 3. The fourth-order valence-electron chi connectivity index (χ4n) is 2.19. The van der Waals surface area contributed by atoms with E-state index < -0.39 is 17.2 Å². The van der Waals surface area contributed by atoms with Gasteiger partial charge < -0.3 is 5.11 Å². The molecule has 0 aliphatic heterocycles. The van der Waals surface area contributed by atoms with Crippen LogP contribution in [-0.4, -0.2) is 10.7 Å². The zero-order valence-electron chi connectivity index (χ0n) is 11.0. The van der Waals surface area contributed by atoms with Crippen molar-refractivity contribution in [3.63, 3.8) is 0 Å². The van der Waals surface area contributed by atoms with Crippen molar-refractivity contribution in [3.8, 4) is 0 Å². The molecule has 1 atom stereocenters. The lowest BCUT2D eigenvalue weighted by molar-refractivity contribution is 0.0607. The van der Waals surface area contributed by atoms with Crippen LogP contribution in [0.25, 0.3) is 0 Å². The Balaban J connectivity index is 2.09. The van der Waals surface area contributed by atoms with E-state index in [0.717, 1.165) is 22.2 Å². The summed E-state index contributed by atoms with van der Waals surface area (Å²) in [6, 6.07) is 11.4. The van der Waals surface area contributed by atoms with Crippen LogP contribution >= 0.6 is 15.9 Å². The van der Waals surface area contributed by atoms with Gasteiger partial charge in [-0.2, -0.15) is 0 Å². The number of hydrogen-bond donors (Lipinski definition) is 1. The second-order valence-corrected chi connectivity index (χ2v) is 6.14. The summed E-state index contributed by atoms with van der Waals surface area (Å²) in [5.41, 5.74) is 0.546. The first-order chi connectivity index (χ1) is 9.35. The molecule has 0 fully saturated rings. The Hall–Kier alpha value is -1.26. The number of hydrogen-bond acceptors (Lipinski definition) is 1. The van der Waals surface area contributed by atoms with Gasteiger partial charge in [-0.05, 0) is 42.3 Å². The molecule has 1 unspecified atom stereocenters. The van der Waals surface area contributed by atoms with E-state index in [0.29, 0.717) is 12.0 Å². The summed E-state index contributed by atoms with van der Waals surface area (Å²) in [5.74, 6) is -1.76. The first-order valence-electron chi connectivity index (χ1n) is 6.26. The molecule has 0 spiro atoms. The Kier molecular flexibility index (Phi) is 4.55. The topological polar surface area (TPSA) is 20.2 Å². The molecule has 0 saturated carbocycles. The summed E-state index contributed by atoms with van der Waals surface area (Å²) >= 11 is 3.35. The van der Waals surface area contributed by atoms with Crippen LogP contribution in [0.3, 0.4) is 0 Å². The van der Waals surface area contributed by atoms with Crippen molar-refractivity contribution in [3.05, 3.63) is 69.7 Å². The van der Waals surface area contributed by atoms with Crippen LogP contribution < -0.4 is 0 Å². The molecule has 0 saturated heterocycles. The molecule has 0 aromatic heterocycles. The van der Waals surface area contributed by atoms with Gasteiger partial charge in [-0.15, -0.1) is 0 Å². The van der Waals surface area contributed by atoms with Crippen molar-refractivity contribution < 1.29 is 13.9 Å². The van der Waals surface area contributed by atoms with Crippen LogP contribution in [0.15, 0.2) is 46.9 Å². The molecule has 0 amide bonds. The number of aliphatic hydroxyl groups is 1. The molecule has 0 heterocycles. The third kappa shape index (κ3) is 4.12. The highest BCUT2D eigenvalue weighted by atomic mass is 79.9. The van der Waals surface area contributed by atoms with E-state index in [1.165, 1.54) is 6.07 Å². The van der Waals surface area contributed by atoms with Crippen molar-refractivity contribution in [1.29, 1.82) is 0 Å².